The first-order chi connectivity index (χ1) is 11.0. The number of ketones is 1. The third-order valence-electron chi connectivity index (χ3n) is 5.91. The molecule has 0 aromatic carbocycles. The van der Waals surface area contributed by atoms with Crippen LogP contribution < -0.4 is 0 Å². The minimum Gasteiger partial charge on any atom is -0.298 e. The van der Waals surface area contributed by atoms with E-state index in [1.54, 1.807) is 6.26 Å². The van der Waals surface area contributed by atoms with E-state index in [1.165, 1.54) is 0 Å². The number of hydrogen-bond acceptors (Lipinski definition) is 3. The number of Topliss-reactive ketones (excluding diaryl/α,β-unsaturated/α-hetero) is 1. The van der Waals surface area contributed by atoms with Gasteiger partial charge < -0.3 is 0 Å². The van der Waals surface area contributed by atoms with Gasteiger partial charge in [0.05, 0.1) is 5.25 Å². The third kappa shape index (κ3) is 3.11. The van der Waals surface area contributed by atoms with Crippen molar-refractivity contribution in [1.82, 2.24) is 0 Å². The highest BCUT2D eigenvalue weighted by molar-refractivity contribution is 8.33. The van der Waals surface area contributed by atoms with Crippen molar-refractivity contribution in [3.63, 3.8) is 0 Å². The Balaban J connectivity index is 1.96. The maximum Gasteiger partial charge on any atom is 0.572 e. The van der Waals surface area contributed by atoms with Crippen LogP contribution in [0.15, 0.2) is 0 Å². The average molecular weight is 389 g/mol. The van der Waals surface area contributed by atoms with Crippen molar-refractivity contribution in [1.29, 1.82) is 0 Å². The molecule has 3 aliphatic rings. The molecule has 5 atom stereocenters. The van der Waals surface area contributed by atoms with E-state index in [1.807, 2.05) is 0 Å². The van der Waals surface area contributed by atoms with E-state index in [0.29, 0.717) is 18.8 Å². The number of alkyl halides is 3. The Hall–Kier alpha value is -0.280. The van der Waals surface area contributed by atoms with Gasteiger partial charge in [0.2, 0.25) is 0 Å². The van der Waals surface area contributed by atoms with Crippen LogP contribution in [-0.4, -0.2) is 40.1 Å². The SMILES string of the molecule is CS([OH+]S(=O)(=O)C(F)(F)F)(C1CCCCC1=O)C1CC2CCC1C2. The molecule has 3 rings (SSSR count). The monoisotopic (exact) mass is 389 g/mol. The Labute approximate surface area is 142 Å². The van der Waals surface area contributed by atoms with Crippen LogP contribution in [0.2, 0.25) is 0 Å². The van der Waals surface area contributed by atoms with Crippen molar-refractivity contribution in [2.45, 2.75) is 67.4 Å². The van der Waals surface area contributed by atoms with Crippen molar-refractivity contribution in [3.05, 3.63) is 0 Å². The summed E-state index contributed by atoms with van der Waals surface area (Å²) in [7, 11) is -8.15. The second-order valence-electron chi connectivity index (χ2n) is 7.41. The molecule has 4 nitrogen and oxygen atoms in total. The maximum atomic E-state index is 12.9. The second-order valence-corrected chi connectivity index (χ2v) is 12.6. The summed E-state index contributed by atoms with van der Waals surface area (Å²) >= 11 is 0. The van der Waals surface area contributed by atoms with E-state index in [0.717, 1.165) is 38.5 Å². The van der Waals surface area contributed by atoms with E-state index in [4.69, 9.17) is 0 Å². The van der Waals surface area contributed by atoms with Gasteiger partial charge in [-0.1, -0.05) is 12.8 Å². The molecule has 0 aromatic heterocycles. The molecule has 3 saturated carbocycles. The van der Waals surface area contributed by atoms with Crippen LogP contribution in [0.5, 0.6) is 0 Å². The third-order valence-corrected chi connectivity index (χ3v) is 12.0. The Morgan fingerprint density at radius 1 is 1.08 bits per heavy atom. The molecule has 0 heterocycles. The molecule has 0 aliphatic heterocycles. The van der Waals surface area contributed by atoms with Crippen molar-refractivity contribution in [2.75, 3.05) is 6.26 Å². The van der Waals surface area contributed by atoms with Crippen LogP contribution in [0.25, 0.3) is 0 Å². The zero-order valence-electron chi connectivity index (χ0n) is 13.6. The molecule has 0 aromatic rings. The number of carbonyl (C=O) groups excluding carboxylic acids is 1. The first-order valence-electron chi connectivity index (χ1n) is 8.39. The highest BCUT2D eigenvalue weighted by Crippen LogP contribution is 2.66. The molecule has 3 aliphatic carbocycles. The predicted molar refractivity (Wildman–Crippen MR) is 87.6 cm³/mol. The maximum absolute atomic E-state index is 12.9. The molecule has 24 heavy (non-hydrogen) atoms. The van der Waals surface area contributed by atoms with Crippen molar-refractivity contribution >= 4 is 26.2 Å². The molecule has 0 radical (unpaired) electrons. The van der Waals surface area contributed by atoms with Gasteiger partial charge in [0.1, 0.15) is 5.25 Å². The summed E-state index contributed by atoms with van der Waals surface area (Å²) in [5, 5.41) is -0.798. The van der Waals surface area contributed by atoms with Gasteiger partial charge in [-0.3, -0.25) is 8.42 Å². The van der Waals surface area contributed by atoms with Gasteiger partial charge in [-0.15, -0.1) is 8.42 Å². The quantitative estimate of drug-likeness (QED) is 0.415. The summed E-state index contributed by atoms with van der Waals surface area (Å²) in [4.78, 5) is 12.4. The molecule has 0 spiro atoms. The van der Waals surface area contributed by atoms with Gasteiger partial charge in [-0.25, -0.2) is 0 Å². The summed E-state index contributed by atoms with van der Waals surface area (Å²) in [6.07, 6.45) is 7.48. The Kier molecular flexibility index (Phi) is 4.75. The molecule has 5 unspecified atom stereocenters. The lowest BCUT2D eigenvalue weighted by Crippen LogP contribution is -2.44. The lowest BCUT2D eigenvalue weighted by atomic mass is 9.99. The van der Waals surface area contributed by atoms with Gasteiger partial charge in [0.25, 0.3) is 0 Å². The summed E-state index contributed by atoms with van der Waals surface area (Å²) in [5.74, 6) is 0.578. The smallest absolute Gasteiger partial charge is 0.298 e. The second kappa shape index (κ2) is 6.16. The largest absolute Gasteiger partial charge is 0.572 e. The summed E-state index contributed by atoms with van der Waals surface area (Å²) in [6.45, 7) is 0. The minimum atomic E-state index is -5.57. The molecule has 140 valence electrons. The fourth-order valence-corrected chi connectivity index (χ4v) is 11.1. The van der Waals surface area contributed by atoms with Crippen LogP contribution >= 0.6 is 10.3 Å². The summed E-state index contributed by atoms with van der Waals surface area (Å²) in [5.41, 5.74) is -5.39. The molecular formula is C15H24F3O4S2+. The Morgan fingerprint density at radius 2 is 1.79 bits per heavy atom. The van der Waals surface area contributed by atoms with Crippen LogP contribution in [0.4, 0.5) is 13.2 Å². The lowest BCUT2D eigenvalue weighted by molar-refractivity contribution is -0.119. The first kappa shape index (κ1) is 18.5. The fourth-order valence-electron chi connectivity index (χ4n) is 4.80. The molecule has 9 heteroatoms. The molecular weight excluding hydrogens is 365 g/mol. The van der Waals surface area contributed by atoms with Crippen LogP contribution in [0.1, 0.15) is 51.4 Å². The Bertz CT molecular complexity index is 619. The standard InChI is InChI=1S/C15H23F3O4S2/c1-23(13-5-3-2-4-12(13)19,22-24(20,21)15(16,17)18)14-9-10-6-7-11(14)8-10/h10-11,13-14H,2-9H2,1H3/p+1. The number of fused-ring (bicyclic) bond motifs is 2. The van der Waals surface area contributed by atoms with Gasteiger partial charge in [0, 0.05) is 12.7 Å². The normalized spacial score (nSPS) is 38.1. The van der Waals surface area contributed by atoms with E-state index >= 15 is 0 Å². The van der Waals surface area contributed by atoms with Gasteiger partial charge in [0.15, 0.2) is 5.78 Å². The van der Waals surface area contributed by atoms with Crippen molar-refractivity contribution in [2.24, 2.45) is 11.8 Å². The van der Waals surface area contributed by atoms with E-state index < -0.39 is 31.2 Å². The Morgan fingerprint density at radius 3 is 2.29 bits per heavy atom. The topological polar surface area (TPSA) is 64.0 Å². The molecule has 0 amide bonds. The minimum absolute atomic E-state index is 0.0948. The lowest BCUT2D eigenvalue weighted by Gasteiger charge is -2.45. The van der Waals surface area contributed by atoms with Crippen LogP contribution in [-0.2, 0) is 14.9 Å². The van der Waals surface area contributed by atoms with Crippen LogP contribution in [0, 0.1) is 11.8 Å². The van der Waals surface area contributed by atoms with Gasteiger partial charge >= 0.3 is 15.6 Å². The molecule has 2 bridgehead atoms. The average Bonchev–Trinajstić information content (AvgIpc) is 3.08. The number of hydrogen-bond donors (Lipinski definition) is 0. The van der Waals surface area contributed by atoms with Gasteiger partial charge in [-0.2, -0.15) is 13.2 Å². The zero-order valence-corrected chi connectivity index (χ0v) is 15.2. The van der Waals surface area contributed by atoms with Crippen molar-refractivity contribution in [3.8, 4) is 0 Å². The van der Waals surface area contributed by atoms with Gasteiger partial charge in [-0.05, 0) is 54.2 Å². The number of carbonyl (C=O) groups is 1. The zero-order chi connectivity index (χ0) is 17.8. The highest BCUT2D eigenvalue weighted by atomic mass is 32.3. The highest BCUT2D eigenvalue weighted by Gasteiger charge is 2.61. The molecule has 1 N–H and O–H groups in total. The van der Waals surface area contributed by atoms with Crippen LogP contribution in [0.3, 0.4) is 0 Å². The predicted octanol–water partition coefficient (Wildman–Crippen LogP) is 3.98. The fraction of sp³-hybridized carbons (Fsp3) is 0.933. The number of halogens is 3. The van der Waals surface area contributed by atoms with E-state index in [2.05, 4.69) is 3.63 Å². The summed E-state index contributed by atoms with van der Waals surface area (Å²) in [6, 6.07) is 0. The number of rotatable bonds is 4. The first-order valence-corrected chi connectivity index (χ1v) is 12.0. The summed E-state index contributed by atoms with van der Waals surface area (Å²) < 4.78 is 65.9. The van der Waals surface area contributed by atoms with E-state index in [9.17, 15) is 26.4 Å². The molecule has 3 fully saturated rings. The molecule has 0 saturated heterocycles. The van der Waals surface area contributed by atoms with Crippen molar-refractivity contribution < 1.29 is 30.0 Å². The van der Waals surface area contributed by atoms with E-state index in [-0.39, 0.29) is 17.0 Å².